The number of nitrogens with zero attached hydrogens (tertiary/aromatic N) is 5. The second-order valence-electron chi connectivity index (χ2n) is 5.64. The van der Waals surface area contributed by atoms with Crippen molar-refractivity contribution in [3.63, 3.8) is 0 Å². The van der Waals surface area contributed by atoms with Crippen molar-refractivity contribution in [2.75, 3.05) is 38.3 Å². The maximum absolute atomic E-state index is 5.79. The van der Waals surface area contributed by atoms with Gasteiger partial charge in [-0.15, -0.1) is 0 Å². The number of likely N-dealkylation sites (N-methyl/N-ethyl adjacent to an activating group) is 1. The van der Waals surface area contributed by atoms with Crippen LogP contribution in [0.5, 0.6) is 0 Å². The van der Waals surface area contributed by atoms with Gasteiger partial charge in [-0.05, 0) is 26.0 Å². The van der Waals surface area contributed by atoms with E-state index >= 15 is 0 Å². The lowest BCUT2D eigenvalue weighted by Gasteiger charge is -2.24. The van der Waals surface area contributed by atoms with Crippen LogP contribution in [0, 0.1) is 0 Å². The molecule has 118 valence electrons. The van der Waals surface area contributed by atoms with E-state index in [-0.39, 0.29) is 12.0 Å². The molecule has 22 heavy (non-hydrogen) atoms. The number of nitrogen functional groups attached to an aromatic ring is 1. The molecule has 1 atom stereocenters. The third-order valence-electron chi connectivity index (χ3n) is 3.69. The fourth-order valence-electron chi connectivity index (χ4n) is 2.13. The SMILES string of the molecule is C[C@H](c1nc(N)nc(N(C)C)n1)N(C)CCc1ccccc1. The molecule has 0 fully saturated rings. The van der Waals surface area contributed by atoms with Crippen LogP contribution in [-0.2, 0) is 6.42 Å². The van der Waals surface area contributed by atoms with Crippen LogP contribution in [-0.4, -0.2) is 47.5 Å². The summed E-state index contributed by atoms with van der Waals surface area (Å²) >= 11 is 0. The Hall–Kier alpha value is -2.21. The molecule has 1 aromatic carbocycles. The molecule has 0 saturated heterocycles. The van der Waals surface area contributed by atoms with Crippen LogP contribution < -0.4 is 10.6 Å². The van der Waals surface area contributed by atoms with Gasteiger partial charge in [-0.2, -0.15) is 15.0 Å². The van der Waals surface area contributed by atoms with E-state index in [4.69, 9.17) is 5.73 Å². The van der Waals surface area contributed by atoms with E-state index in [1.807, 2.05) is 25.1 Å². The lowest BCUT2D eigenvalue weighted by molar-refractivity contribution is 0.255. The van der Waals surface area contributed by atoms with E-state index in [1.54, 1.807) is 0 Å². The molecule has 0 unspecified atom stereocenters. The molecule has 0 amide bonds. The molecule has 6 nitrogen and oxygen atoms in total. The lowest BCUT2D eigenvalue weighted by atomic mass is 10.1. The van der Waals surface area contributed by atoms with E-state index in [0.29, 0.717) is 11.8 Å². The van der Waals surface area contributed by atoms with Gasteiger partial charge >= 0.3 is 0 Å². The highest BCUT2D eigenvalue weighted by Crippen LogP contribution is 2.18. The first kappa shape index (κ1) is 16.2. The van der Waals surface area contributed by atoms with Crippen molar-refractivity contribution in [3.05, 3.63) is 41.7 Å². The highest BCUT2D eigenvalue weighted by atomic mass is 15.3. The number of nitrogens with two attached hydrogens (primary N) is 1. The molecule has 6 heteroatoms. The van der Waals surface area contributed by atoms with Crippen molar-refractivity contribution in [3.8, 4) is 0 Å². The summed E-state index contributed by atoms with van der Waals surface area (Å²) < 4.78 is 0. The summed E-state index contributed by atoms with van der Waals surface area (Å²) in [7, 11) is 5.85. The van der Waals surface area contributed by atoms with Crippen LogP contribution in [0.2, 0.25) is 0 Å². The molecule has 0 aliphatic rings. The van der Waals surface area contributed by atoms with E-state index in [0.717, 1.165) is 13.0 Å². The van der Waals surface area contributed by atoms with Crippen molar-refractivity contribution in [1.82, 2.24) is 19.9 Å². The average molecular weight is 300 g/mol. The smallest absolute Gasteiger partial charge is 0.229 e. The number of anilines is 2. The Bertz CT molecular complexity index is 599. The monoisotopic (exact) mass is 300 g/mol. The second-order valence-corrected chi connectivity index (χ2v) is 5.64. The van der Waals surface area contributed by atoms with Gasteiger partial charge in [0, 0.05) is 20.6 Å². The third kappa shape index (κ3) is 4.14. The topological polar surface area (TPSA) is 71.2 Å². The van der Waals surface area contributed by atoms with E-state index in [9.17, 15) is 0 Å². The standard InChI is InChI=1S/C16H24N6/c1-12(14-18-15(17)20-16(19-14)21(2)3)22(4)11-10-13-8-6-5-7-9-13/h5-9,12H,10-11H2,1-4H3,(H2,17,18,19,20)/t12-/m1/s1. The molecule has 0 aliphatic heterocycles. The van der Waals surface area contributed by atoms with Gasteiger partial charge < -0.3 is 10.6 Å². The van der Waals surface area contributed by atoms with Crippen molar-refractivity contribution in [2.45, 2.75) is 19.4 Å². The summed E-state index contributed by atoms with van der Waals surface area (Å²) in [5, 5.41) is 0. The normalized spacial score (nSPS) is 12.4. The van der Waals surface area contributed by atoms with Crippen LogP contribution in [0.15, 0.2) is 30.3 Å². The Labute approximate surface area is 132 Å². The molecule has 0 saturated carbocycles. The van der Waals surface area contributed by atoms with Crippen LogP contribution >= 0.6 is 0 Å². The highest BCUT2D eigenvalue weighted by molar-refractivity contribution is 5.33. The summed E-state index contributed by atoms with van der Waals surface area (Å²) in [4.78, 5) is 17.0. The van der Waals surface area contributed by atoms with Crippen molar-refractivity contribution in [2.24, 2.45) is 0 Å². The summed E-state index contributed by atoms with van der Waals surface area (Å²) in [5.41, 5.74) is 7.12. The number of rotatable bonds is 6. The van der Waals surface area contributed by atoms with E-state index < -0.39 is 0 Å². The minimum absolute atomic E-state index is 0.0766. The quantitative estimate of drug-likeness (QED) is 0.876. The molecule has 2 rings (SSSR count). The molecular weight excluding hydrogens is 276 g/mol. The maximum Gasteiger partial charge on any atom is 0.229 e. The Balaban J connectivity index is 2.05. The van der Waals surface area contributed by atoms with Gasteiger partial charge in [-0.1, -0.05) is 30.3 Å². The molecule has 0 bridgehead atoms. The summed E-state index contributed by atoms with van der Waals surface area (Å²) in [5.74, 6) is 1.55. The molecular formula is C16H24N6. The first-order chi connectivity index (χ1) is 10.5. The predicted octanol–water partition coefficient (Wildman–Crippen LogP) is 1.76. The molecule has 0 aliphatic carbocycles. The van der Waals surface area contributed by atoms with Crippen molar-refractivity contribution in [1.29, 1.82) is 0 Å². The number of hydrogen-bond donors (Lipinski definition) is 1. The summed E-state index contributed by atoms with van der Waals surface area (Å²) in [6, 6.07) is 10.5. The second kappa shape index (κ2) is 7.17. The molecule has 1 aromatic heterocycles. The van der Waals surface area contributed by atoms with Gasteiger partial charge in [-0.3, -0.25) is 4.90 Å². The first-order valence-corrected chi connectivity index (χ1v) is 7.40. The largest absolute Gasteiger partial charge is 0.368 e. The Kier molecular flexibility index (Phi) is 5.27. The number of hydrogen-bond acceptors (Lipinski definition) is 6. The number of benzene rings is 1. The van der Waals surface area contributed by atoms with Crippen LogP contribution in [0.25, 0.3) is 0 Å². The summed E-state index contributed by atoms with van der Waals surface area (Å²) in [6.45, 7) is 3.01. The Morgan fingerprint density at radius 3 is 2.36 bits per heavy atom. The van der Waals surface area contributed by atoms with E-state index in [2.05, 4.69) is 58.1 Å². The van der Waals surface area contributed by atoms with Gasteiger partial charge in [0.05, 0.1) is 6.04 Å². The zero-order valence-electron chi connectivity index (χ0n) is 13.7. The zero-order valence-corrected chi connectivity index (χ0v) is 13.7. The molecule has 2 aromatic rings. The van der Waals surface area contributed by atoms with E-state index in [1.165, 1.54) is 5.56 Å². The summed E-state index contributed by atoms with van der Waals surface area (Å²) in [6.07, 6.45) is 0.989. The van der Waals surface area contributed by atoms with Crippen LogP contribution in [0.1, 0.15) is 24.4 Å². The van der Waals surface area contributed by atoms with Crippen LogP contribution in [0.4, 0.5) is 11.9 Å². The maximum atomic E-state index is 5.79. The Morgan fingerprint density at radius 1 is 1.05 bits per heavy atom. The zero-order chi connectivity index (χ0) is 16.1. The third-order valence-corrected chi connectivity index (χ3v) is 3.69. The lowest BCUT2D eigenvalue weighted by Crippen LogP contribution is -2.27. The van der Waals surface area contributed by atoms with Gasteiger partial charge in [0.1, 0.15) is 0 Å². The molecule has 2 N–H and O–H groups in total. The van der Waals surface area contributed by atoms with Gasteiger partial charge in [0.2, 0.25) is 11.9 Å². The Morgan fingerprint density at radius 2 is 1.73 bits per heavy atom. The fourth-order valence-corrected chi connectivity index (χ4v) is 2.13. The molecule has 1 heterocycles. The highest BCUT2D eigenvalue weighted by Gasteiger charge is 2.17. The average Bonchev–Trinajstić information content (AvgIpc) is 2.52. The molecule has 0 spiro atoms. The minimum Gasteiger partial charge on any atom is -0.368 e. The van der Waals surface area contributed by atoms with Crippen molar-refractivity contribution >= 4 is 11.9 Å². The number of aromatic nitrogens is 3. The minimum atomic E-state index is 0.0766. The van der Waals surface area contributed by atoms with Crippen LogP contribution in [0.3, 0.4) is 0 Å². The molecule has 0 radical (unpaired) electrons. The fraction of sp³-hybridized carbons (Fsp3) is 0.438. The predicted molar refractivity (Wildman–Crippen MR) is 89.8 cm³/mol. The van der Waals surface area contributed by atoms with Gasteiger partial charge in [0.25, 0.3) is 0 Å². The van der Waals surface area contributed by atoms with Crippen molar-refractivity contribution < 1.29 is 0 Å². The van der Waals surface area contributed by atoms with Gasteiger partial charge in [-0.25, -0.2) is 0 Å². The first-order valence-electron chi connectivity index (χ1n) is 7.40. The van der Waals surface area contributed by atoms with Gasteiger partial charge in [0.15, 0.2) is 5.82 Å².